The van der Waals surface area contributed by atoms with Crippen LogP contribution in [0.4, 0.5) is 0 Å². The van der Waals surface area contributed by atoms with E-state index in [-0.39, 0.29) is 6.04 Å². The van der Waals surface area contributed by atoms with Gasteiger partial charge in [-0.15, -0.1) is 0 Å². The van der Waals surface area contributed by atoms with E-state index in [1.54, 1.807) is 0 Å². The van der Waals surface area contributed by atoms with Crippen LogP contribution in [-0.2, 0) is 0 Å². The van der Waals surface area contributed by atoms with Gasteiger partial charge in [-0.1, -0.05) is 29.8 Å². The summed E-state index contributed by atoms with van der Waals surface area (Å²) in [6.45, 7) is 3.23. The molecule has 0 bridgehead atoms. The Morgan fingerprint density at radius 3 is 2.81 bits per heavy atom. The number of nitrogens with two attached hydrogens (primary N) is 1. The molecule has 1 saturated carbocycles. The number of benzene rings is 1. The van der Waals surface area contributed by atoms with Crippen molar-refractivity contribution in [2.24, 2.45) is 5.73 Å². The molecular weight excluding hydrogens is 196 g/mol. The van der Waals surface area contributed by atoms with Gasteiger partial charge in [0, 0.05) is 12.1 Å². The summed E-state index contributed by atoms with van der Waals surface area (Å²) in [6.07, 6.45) is 3.79. The fourth-order valence-electron chi connectivity index (χ4n) is 2.11. The third-order valence-corrected chi connectivity index (χ3v) is 3.43. The quantitative estimate of drug-likeness (QED) is 0.822. The molecule has 1 unspecified atom stereocenters. The van der Waals surface area contributed by atoms with Crippen LogP contribution in [0.15, 0.2) is 24.3 Å². The average molecular weight is 218 g/mol. The smallest absolute Gasteiger partial charge is 0.0307 e. The molecule has 1 aromatic carbocycles. The topological polar surface area (TPSA) is 29.3 Å². The van der Waals surface area contributed by atoms with Crippen LogP contribution in [-0.4, -0.2) is 24.5 Å². The fraction of sp³-hybridized carbons (Fsp3) is 0.571. The van der Waals surface area contributed by atoms with E-state index >= 15 is 0 Å². The highest BCUT2D eigenvalue weighted by atomic mass is 15.1. The maximum Gasteiger partial charge on any atom is 0.0307 e. The average Bonchev–Trinajstić information content (AvgIpc) is 3.09. The van der Waals surface area contributed by atoms with E-state index in [0.717, 1.165) is 19.0 Å². The molecule has 0 saturated heterocycles. The normalized spacial score (nSPS) is 17.8. The first-order chi connectivity index (χ1) is 7.66. The van der Waals surface area contributed by atoms with Gasteiger partial charge in [-0.2, -0.15) is 0 Å². The molecule has 2 N–H and O–H groups in total. The molecule has 2 nitrogen and oxygen atoms in total. The Kier molecular flexibility index (Phi) is 3.62. The lowest BCUT2D eigenvalue weighted by Crippen LogP contribution is -2.25. The van der Waals surface area contributed by atoms with Gasteiger partial charge in [0.2, 0.25) is 0 Å². The number of nitrogens with zero attached hydrogens (tertiary/aromatic N) is 1. The van der Waals surface area contributed by atoms with Gasteiger partial charge < -0.3 is 10.6 Å². The van der Waals surface area contributed by atoms with Gasteiger partial charge >= 0.3 is 0 Å². The summed E-state index contributed by atoms with van der Waals surface area (Å²) in [6, 6.07) is 9.56. The Morgan fingerprint density at radius 1 is 1.44 bits per heavy atom. The van der Waals surface area contributed by atoms with Gasteiger partial charge in [0.1, 0.15) is 0 Å². The van der Waals surface area contributed by atoms with Crippen LogP contribution < -0.4 is 5.73 Å². The first-order valence-electron chi connectivity index (χ1n) is 6.19. The van der Waals surface area contributed by atoms with E-state index in [2.05, 4.69) is 43.1 Å². The van der Waals surface area contributed by atoms with Crippen molar-refractivity contribution in [1.29, 1.82) is 0 Å². The van der Waals surface area contributed by atoms with Gasteiger partial charge in [0.25, 0.3) is 0 Å². The van der Waals surface area contributed by atoms with Gasteiger partial charge in [0.15, 0.2) is 0 Å². The maximum absolute atomic E-state index is 6.21. The summed E-state index contributed by atoms with van der Waals surface area (Å²) in [5, 5.41) is 0. The highest BCUT2D eigenvalue weighted by molar-refractivity contribution is 5.24. The largest absolute Gasteiger partial charge is 0.324 e. The summed E-state index contributed by atoms with van der Waals surface area (Å²) in [5.74, 6) is 0. The second-order valence-corrected chi connectivity index (χ2v) is 5.02. The molecule has 2 rings (SSSR count). The minimum atomic E-state index is 0.182. The second kappa shape index (κ2) is 4.98. The first kappa shape index (κ1) is 11.6. The van der Waals surface area contributed by atoms with Crippen LogP contribution in [0.1, 0.15) is 36.4 Å². The molecule has 0 aromatic heterocycles. The highest BCUT2D eigenvalue weighted by Gasteiger charge is 2.25. The van der Waals surface area contributed by atoms with E-state index in [4.69, 9.17) is 5.73 Å². The summed E-state index contributed by atoms with van der Waals surface area (Å²) in [4.78, 5) is 2.44. The first-order valence-corrected chi connectivity index (χ1v) is 6.19. The minimum Gasteiger partial charge on any atom is -0.324 e. The predicted octanol–water partition coefficient (Wildman–Crippen LogP) is 2.48. The minimum absolute atomic E-state index is 0.182. The van der Waals surface area contributed by atoms with Crippen molar-refractivity contribution in [3.63, 3.8) is 0 Å². The van der Waals surface area contributed by atoms with Gasteiger partial charge in [-0.25, -0.2) is 0 Å². The van der Waals surface area contributed by atoms with Crippen LogP contribution in [0.25, 0.3) is 0 Å². The van der Waals surface area contributed by atoms with Crippen LogP contribution >= 0.6 is 0 Å². The van der Waals surface area contributed by atoms with E-state index in [1.165, 1.54) is 24.0 Å². The fourth-order valence-corrected chi connectivity index (χ4v) is 2.11. The molecule has 0 heterocycles. The Hall–Kier alpha value is -0.860. The molecule has 16 heavy (non-hydrogen) atoms. The van der Waals surface area contributed by atoms with Gasteiger partial charge in [-0.3, -0.25) is 0 Å². The molecule has 1 fully saturated rings. The van der Waals surface area contributed by atoms with Crippen molar-refractivity contribution >= 4 is 0 Å². The van der Waals surface area contributed by atoms with Gasteiger partial charge in [0.05, 0.1) is 0 Å². The predicted molar refractivity (Wildman–Crippen MR) is 68.4 cm³/mol. The molecule has 0 aliphatic heterocycles. The molecule has 1 atom stereocenters. The number of hydrogen-bond donors (Lipinski definition) is 1. The lowest BCUT2D eigenvalue weighted by atomic mass is 10.0. The van der Waals surface area contributed by atoms with E-state index in [1.807, 2.05) is 0 Å². The molecule has 0 radical (unpaired) electrons. The maximum atomic E-state index is 6.21. The van der Waals surface area contributed by atoms with E-state index < -0.39 is 0 Å². The number of rotatable bonds is 5. The Balaban J connectivity index is 1.84. The summed E-state index contributed by atoms with van der Waals surface area (Å²) < 4.78 is 0. The number of hydrogen-bond acceptors (Lipinski definition) is 2. The van der Waals surface area contributed by atoms with Crippen LogP contribution in [0.3, 0.4) is 0 Å². The molecule has 1 aliphatic carbocycles. The van der Waals surface area contributed by atoms with Crippen molar-refractivity contribution in [1.82, 2.24) is 4.90 Å². The zero-order chi connectivity index (χ0) is 11.5. The molecule has 88 valence electrons. The third kappa shape index (κ3) is 3.06. The molecule has 1 aromatic rings. The van der Waals surface area contributed by atoms with Crippen molar-refractivity contribution in [2.45, 2.75) is 38.3 Å². The molecule has 2 heteroatoms. The zero-order valence-electron chi connectivity index (χ0n) is 10.3. The second-order valence-electron chi connectivity index (χ2n) is 5.02. The van der Waals surface area contributed by atoms with Crippen LogP contribution in [0.5, 0.6) is 0 Å². The molecule has 0 spiro atoms. The van der Waals surface area contributed by atoms with Crippen molar-refractivity contribution in [3.05, 3.63) is 35.4 Å². The van der Waals surface area contributed by atoms with E-state index in [9.17, 15) is 0 Å². The Labute approximate surface area is 98.4 Å². The van der Waals surface area contributed by atoms with E-state index in [0.29, 0.717) is 0 Å². The van der Waals surface area contributed by atoms with Crippen LogP contribution in [0, 0.1) is 6.92 Å². The standard InChI is InChI=1S/C14H22N2/c1-11-4-3-5-12(10-11)14(15)8-9-16(2)13-6-7-13/h3-5,10,13-14H,6-9,15H2,1-2H3. The van der Waals surface area contributed by atoms with Crippen molar-refractivity contribution < 1.29 is 0 Å². The Morgan fingerprint density at radius 2 is 2.19 bits per heavy atom. The van der Waals surface area contributed by atoms with Gasteiger partial charge in [-0.05, 0) is 45.3 Å². The molecular formula is C14H22N2. The summed E-state index contributed by atoms with van der Waals surface area (Å²) in [5.41, 5.74) is 8.77. The lowest BCUT2D eigenvalue weighted by Gasteiger charge is -2.19. The lowest BCUT2D eigenvalue weighted by molar-refractivity contribution is 0.309. The Bertz CT molecular complexity index is 344. The number of aryl methyl sites for hydroxylation is 1. The monoisotopic (exact) mass is 218 g/mol. The zero-order valence-corrected chi connectivity index (χ0v) is 10.3. The highest BCUT2D eigenvalue weighted by Crippen LogP contribution is 2.26. The molecule has 1 aliphatic rings. The third-order valence-electron chi connectivity index (χ3n) is 3.43. The van der Waals surface area contributed by atoms with Crippen LogP contribution in [0.2, 0.25) is 0 Å². The van der Waals surface area contributed by atoms with Crippen molar-refractivity contribution in [3.8, 4) is 0 Å². The summed E-state index contributed by atoms with van der Waals surface area (Å²) in [7, 11) is 2.21. The molecule has 0 amide bonds. The summed E-state index contributed by atoms with van der Waals surface area (Å²) >= 11 is 0. The van der Waals surface area contributed by atoms with Crippen molar-refractivity contribution in [2.75, 3.05) is 13.6 Å². The SMILES string of the molecule is Cc1cccc(C(N)CCN(C)C2CC2)c1.